The van der Waals surface area contributed by atoms with E-state index in [2.05, 4.69) is 41.1 Å². The first-order valence-electron chi connectivity index (χ1n) is 8.90. The molecule has 23 heavy (non-hydrogen) atoms. The van der Waals surface area contributed by atoms with Crippen molar-refractivity contribution in [3.8, 4) is 0 Å². The van der Waals surface area contributed by atoms with Crippen LogP contribution in [-0.2, 0) is 4.79 Å². The van der Waals surface area contributed by atoms with Gasteiger partial charge < -0.3 is 9.84 Å². The van der Waals surface area contributed by atoms with Crippen molar-refractivity contribution >= 4 is 5.91 Å². The van der Waals surface area contributed by atoms with E-state index >= 15 is 0 Å². The smallest absolute Gasteiger partial charge is 0.243 e. The maximum absolute atomic E-state index is 12.3. The lowest BCUT2D eigenvalue weighted by molar-refractivity contribution is -0.127. The molecule has 1 N–H and O–H groups in total. The van der Waals surface area contributed by atoms with Crippen molar-refractivity contribution in [3.63, 3.8) is 0 Å². The summed E-state index contributed by atoms with van der Waals surface area (Å²) in [6.45, 7) is 8.80. The molecule has 1 aromatic rings. The molecule has 6 nitrogen and oxygen atoms in total. The van der Waals surface area contributed by atoms with Gasteiger partial charge in [-0.05, 0) is 45.1 Å². The lowest BCUT2D eigenvalue weighted by Gasteiger charge is -2.34. The van der Waals surface area contributed by atoms with Crippen LogP contribution in [0, 0.1) is 11.8 Å². The predicted octanol–water partition coefficient (Wildman–Crippen LogP) is 2.49. The molecular formula is C17H28N4O2. The standard InChI is InChI=1S/C17H28N4O2/c1-11(2)15-19-17(23-20-15)12(3)21-8-4-5-14(10-21)16(22)18-9-13-6-7-13/h11-14H,4-10H2,1-3H3,(H,18,22)/t12-,14+/m1/s1. The molecule has 1 amide bonds. The number of aromatic nitrogens is 2. The zero-order valence-electron chi connectivity index (χ0n) is 14.4. The third-order valence-electron chi connectivity index (χ3n) is 4.96. The molecule has 1 aliphatic carbocycles. The maximum Gasteiger partial charge on any atom is 0.243 e. The van der Waals surface area contributed by atoms with E-state index in [4.69, 9.17) is 4.52 Å². The van der Waals surface area contributed by atoms with Crippen molar-refractivity contribution in [1.29, 1.82) is 0 Å². The third-order valence-corrected chi connectivity index (χ3v) is 4.96. The van der Waals surface area contributed by atoms with E-state index in [1.54, 1.807) is 0 Å². The van der Waals surface area contributed by atoms with Gasteiger partial charge in [-0.2, -0.15) is 4.98 Å². The molecule has 2 fully saturated rings. The summed E-state index contributed by atoms with van der Waals surface area (Å²) >= 11 is 0. The van der Waals surface area contributed by atoms with Crippen LogP contribution in [0.4, 0.5) is 0 Å². The number of rotatable bonds is 6. The topological polar surface area (TPSA) is 71.3 Å². The average molecular weight is 320 g/mol. The highest BCUT2D eigenvalue weighted by Crippen LogP contribution is 2.29. The number of likely N-dealkylation sites (tertiary alicyclic amines) is 1. The molecular weight excluding hydrogens is 292 g/mol. The number of carbonyl (C=O) groups excluding carboxylic acids is 1. The van der Waals surface area contributed by atoms with Gasteiger partial charge in [0.2, 0.25) is 11.8 Å². The molecule has 1 saturated carbocycles. The van der Waals surface area contributed by atoms with Crippen LogP contribution in [-0.4, -0.2) is 40.6 Å². The highest BCUT2D eigenvalue weighted by atomic mass is 16.5. The Bertz CT molecular complexity index is 538. The van der Waals surface area contributed by atoms with E-state index in [1.165, 1.54) is 12.8 Å². The average Bonchev–Trinajstić information content (AvgIpc) is 3.25. The first-order valence-corrected chi connectivity index (χ1v) is 8.90. The summed E-state index contributed by atoms with van der Waals surface area (Å²) < 4.78 is 5.42. The van der Waals surface area contributed by atoms with Crippen LogP contribution in [0.3, 0.4) is 0 Å². The lowest BCUT2D eigenvalue weighted by atomic mass is 9.96. The fraction of sp³-hybridized carbons (Fsp3) is 0.824. The Hall–Kier alpha value is -1.43. The van der Waals surface area contributed by atoms with Crippen molar-refractivity contribution < 1.29 is 9.32 Å². The quantitative estimate of drug-likeness (QED) is 0.872. The molecule has 2 aliphatic rings. The first kappa shape index (κ1) is 16.4. The number of amides is 1. The normalized spacial score (nSPS) is 23.9. The summed E-state index contributed by atoms with van der Waals surface area (Å²) in [6.07, 6.45) is 4.55. The first-order chi connectivity index (χ1) is 11.0. The summed E-state index contributed by atoms with van der Waals surface area (Å²) in [7, 11) is 0. The molecule has 0 radical (unpaired) electrons. The van der Waals surface area contributed by atoms with E-state index in [0.29, 0.717) is 5.89 Å². The molecule has 1 aromatic heterocycles. The largest absolute Gasteiger partial charge is 0.356 e. The van der Waals surface area contributed by atoms with E-state index in [1.807, 2.05) is 0 Å². The highest BCUT2D eigenvalue weighted by molar-refractivity contribution is 5.79. The fourth-order valence-corrected chi connectivity index (χ4v) is 3.09. The van der Waals surface area contributed by atoms with Crippen LogP contribution >= 0.6 is 0 Å². The van der Waals surface area contributed by atoms with Crippen molar-refractivity contribution in [3.05, 3.63) is 11.7 Å². The van der Waals surface area contributed by atoms with Crippen molar-refractivity contribution in [1.82, 2.24) is 20.4 Å². The number of hydrogen-bond donors (Lipinski definition) is 1. The van der Waals surface area contributed by atoms with Gasteiger partial charge in [-0.25, -0.2) is 0 Å². The van der Waals surface area contributed by atoms with E-state index in [0.717, 1.165) is 44.2 Å². The van der Waals surface area contributed by atoms with Crippen LogP contribution in [0.2, 0.25) is 0 Å². The number of piperidine rings is 1. The van der Waals surface area contributed by atoms with Crippen molar-refractivity contribution in [2.24, 2.45) is 11.8 Å². The second kappa shape index (κ2) is 6.99. The van der Waals surface area contributed by atoms with Crippen molar-refractivity contribution in [2.45, 2.75) is 58.4 Å². The minimum Gasteiger partial charge on any atom is -0.356 e. The Labute approximate surface area is 138 Å². The molecule has 0 aromatic carbocycles. The summed E-state index contributed by atoms with van der Waals surface area (Å²) in [5.41, 5.74) is 0. The molecule has 0 unspecified atom stereocenters. The Morgan fingerprint density at radius 2 is 2.13 bits per heavy atom. The van der Waals surface area contributed by atoms with E-state index in [9.17, 15) is 4.79 Å². The Morgan fingerprint density at radius 3 is 2.78 bits per heavy atom. The van der Waals surface area contributed by atoms with Gasteiger partial charge in [0.05, 0.1) is 12.0 Å². The number of hydrogen-bond acceptors (Lipinski definition) is 5. The van der Waals surface area contributed by atoms with Crippen LogP contribution in [0.25, 0.3) is 0 Å². The Balaban J connectivity index is 1.56. The Kier molecular flexibility index (Phi) is 4.99. The summed E-state index contributed by atoms with van der Waals surface area (Å²) in [6, 6.07) is 0.0639. The molecule has 128 valence electrons. The summed E-state index contributed by atoms with van der Waals surface area (Å²) in [5.74, 6) is 2.70. The van der Waals surface area contributed by atoms with Crippen LogP contribution < -0.4 is 5.32 Å². The molecule has 1 saturated heterocycles. The van der Waals surface area contributed by atoms with E-state index < -0.39 is 0 Å². The van der Waals surface area contributed by atoms with Crippen LogP contribution in [0.5, 0.6) is 0 Å². The van der Waals surface area contributed by atoms with Crippen LogP contribution in [0.1, 0.15) is 70.1 Å². The SMILES string of the molecule is CC(C)c1noc([C@@H](C)N2CCC[C@H](C(=O)NCC3CC3)C2)n1. The van der Waals surface area contributed by atoms with Gasteiger partial charge in [0.1, 0.15) is 0 Å². The second-order valence-corrected chi connectivity index (χ2v) is 7.34. The number of nitrogens with zero attached hydrogens (tertiary/aromatic N) is 3. The minimum atomic E-state index is 0.0639. The summed E-state index contributed by atoms with van der Waals surface area (Å²) in [5, 5.41) is 7.17. The molecule has 0 spiro atoms. The van der Waals surface area contributed by atoms with Crippen LogP contribution in [0.15, 0.2) is 4.52 Å². The summed E-state index contributed by atoms with van der Waals surface area (Å²) in [4.78, 5) is 19.1. The van der Waals surface area contributed by atoms with Gasteiger partial charge >= 0.3 is 0 Å². The molecule has 1 aliphatic heterocycles. The van der Waals surface area contributed by atoms with Gasteiger partial charge in [-0.3, -0.25) is 9.69 Å². The molecule has 0 bridgehead atoms. The minimum absolute atomic E-state index is 0.0639. The van der Waals surface area contributed by atoms with Gasteiger partial charge in [-0.15, -0.1) is 0 Å². The predicted molar refractivity (Wildman–Crippen MR) is 86.8 cm³/mol. The van der Waals surface area contributed by atoms with Gasteiger partial charge in [0.15, 0.2) is 5.82 Å². The molecule has 3 rings (SSSR count). The van der Waals surface area contributed by atoms with Crippen molar-refractivity contribution in [2.75, 3.05) is 19.6 Å². The number of carbonyl (C=O) groups is 1. The maximum atomic E-state index is 12.3. The molecule has 2 atom stereocenters. The zero-order chi connectivity index (χ0) is 16.4. The monoisotopic (exact) mass is 320 g/mol. The highest BCUT2D eigenvalue weighted by Gasteiger charge is 2.31. The van der Waals surface area contributed by atoms with Gasteiger partial charge in [0, 0.05) is 19.0 Å². The fourth-order valence-electron chi connectivity index (χ4n) is 3.09. The number of nitrogens with one attached hydrogen (secondary N) is 1. The lowest BCUT2D eigenvalue weighted by Crippen LogP contribution is -2.44. The second-order valence-electron chi connectivity index (χ2n) is 7.34. The van der Waals surface area contributed by atoms with E-state index in [-0.39, 0.29) is 23.8 Å². The Morgan fingerprint density at radius 1 is 1.35 bits per heavy atom. The van der Waals surface area contributed by atoms with Gasteiger partial charge in [0.25, 0.3) is 0 Å². The van der Waals surface area contributed by atoms with Gasteiger partial charge in [-0.1, -0.05) is 19.0 Å². The molecule has 2 heterocycles. The third kappa shape index (κ3) is 4.10. The molecule has 6 heteroatoms. The zero-order valence-corrected chi connectivity index (χ0v) is 14.4.